The molecular weight excluding hydrogens is 311 g/mol. The zero-order valence-corrected chi connectivity index (χ0v) is 12.8. The van der Waals surface area contributed by atoms with E-state index in [1.165, 1.54) is 23.3 Å². The van der Waals surface area contributed by atoms with Crippen molar-refractivity contribution < 1.29 is 0 Å². The van der Waals surface area contributed by atoms with Crippen LogP contribution in [-0.4, -0.2) is 20.9 Å². The van der Waals surface area contributed by atoms with Crippen molar-refractivity contribution in [2.75, 3.05) is 11.9 Å². The van der Waals surface area contributed by atoms with Crippen LogP contribution in [0.2, 0.25) is 10.0 Å². The molecule has 0 saturated heterocycles. The lowest BCUT2D eigenvalue weighted by Crippen LogP contribution is -2.00. The van der Waals surface area contributed by atoms with Crippen LogP contribution in [0.3, 0.4) is 0 Å². The summed E-state index contributed by atoms with van der Waals surface area (Å²) in [4.78, 5) is 8.66. The van der Waals surface area contributed by atoms with Gasteiger partial charge in [-0.2, -0.15) is 4.37 Å². The highest BCUT2D eigenvalue weighted by molar-refractivity contribution is 8.01. The highest BCUT2D eigenvalue weighted by atomic mass is 35.5. The standard InChI is InChI=1S/C10H10Cl2N4S2/c1-3-13-8-6(11)4-7(12)9(15-8)17-10-14-5(2)16-18-10/h4H,3H2,1-2H3,(H,13,15). The molecule has 0 radical (unpaired) electrons. The number of aromatic nitrogens is 3. The first-order valence-electron chi connectivity index (χ1n) is 5.18. The summed E-state index contributed by atoms with van der Waals surface area (Å²) in [6.45, 7) is 4.57. The number of aryl methyl sites for hydroxylation is 1. The molecule has 0 bridgehead atoms. The van der Waals surface area contributed by atoms with E-state index in [2.05, 4.69) is 19.7 Å². The zero-order valence-electron chi connectivity index (χ0n) is 9.70. The van der Waals surface area contributed by atoms with Crippen molar-refractivity contribution >= 4 is 52.3 Å². The summed E-state index contributed by atoms with van der Waals surface area (Å²) < 4.78 is 4.93. The average Bonchev–Trinajstić information content (AvgIpc) is 2.71. The number of hydrogen-bond donors (Lipinski definition) is 1. The molecule has 1 N–H and O–H groups in total. The van der Waals surface area contributed by atoms with Crippen LogP contribution >= 0.6 is 46.5 Å². The first-order chi connectivity index (χ1) is 8.60. The maximum absolute atomic E-state index is 6.12. The molecule has 0 aliphatic heterocycles. The van der Waals surface area contributed by atoms with Crippen molar-refractivity contribution in [1.29, 1.82) is 0 Å². The summed E-state index contributed by atoms with van der Waals surface area (Å²) >= 11 is 14.9. The highest BCUT2D eigenvalue weighted by Gasteiger charge is 2.12. The Hall–Kier alpha value is -0.560. The molecule has 18 heavy (non-hydrogen) atoms. The van der Waals surface area contributed by atoms with Crippen LogP contribution in [0, 0.1) is 6.92 Å². The number of nitrogens with zero attached hydrogens (tertiary/aromatic N) is 3. The second-order valence-electron chi connectivity index (χ2n) is 3.35. The minimum Gasteiger partial charge on any atom is -0.369 e. The van der Waals surface area contributed by atoms with Gasteiger partial charge in [-0.1, -0.05) is 23.2 Å². The third-order valence-corrected chi connectivity index (χ3v) is 4.47. The van der Waals surface area contributed by atoms with Gasteiger partial charge >= 0.3 is 0 Å². The van der Waals surface area contributed by atoms with Crippen molar-refractivity contribution in [1.82, 2.24) is 14.3 Å². The molecule has 0 aliphatic rings. The molecule has 0 fully saturated rings. The summed E-state index contributed by atoms with van der Waals surface area (Å²) in [5, 5.41) is 4.79. The molecular formula is C10H10Cl2N4S2. The monoisotopic (exact) mass is 320 g/mol. The summed E-state index contributed by atoms with van der Waals surface area (Å²) in [6, 6.07) is 1.68. The Bertz CT molecular complexity index is 559. The number of anilines is 1. The molecule has 0 aromatic carbocycles. The van der Waals surface area contributed by atoms with Gasteiger partial charge in [0.1, 0.15) is 16.7 Å². The Morgan fingerprint density at radius 1 is 1.33 bits per heavy atom. The largest absolute Gasteiger partial charge is 0.369 e. The summed E-state index contributed by atoms with van der Waals surface area (Å²) in [6.07, 6.45) is 0. The van der Waals surface area contributed by atoms with Crippen LogP contribution in [0.4, 0.5) is 5.82 Å². The lowest BCUT2D eigenvalue weighted by molar-refractivity contribution is 1.07. The molecule has 4 nitrogen and oxygen atoms in total. The van der Waals surface area contributed by atoms with Crippen LogP contribution < -0.4 is 5.32 Å². The first-order valence-corrected chi connectivity index (χ1v) is 7.52. The van der Waals surface area contributed by atoms with E-state index in [-0.39, 0.29) is 0 Å². The van der Waals surface area contributed by atoms with E-state index in [4.69, 9.17) is 23.2 Å². The third-order valence-electron chi connectivity index (χ3n) is 1.93. The van der Waals surface area contributed by atoms with Crippen molar-refractivity contribution in [3.8, 4) is 0 Å². The van der Waals surface area contributed by atoms with Gasteiger partial charge < -0.3 is 5.32 Å². The fourth-order valence-electron chi connectivity index (χ4n) is 1.21. The van der Waals surface area contributed by atoms with Crippen LogP contribution in [-0.2, 0) is 0 Å². The minimum atomic E-state index is 0.513. The Balaban J connectivity index is 2.29. The normalized spacial score (nSPS) is 10.7. The molecule has 0 atom stereocenters. The molecule has 96 valence electrons. The van der Waals surface area contributed by atoms with E-state index in [9.17, 15) is 0 Å². The first kappa shape index (κ1) is 13.9. The van der Waals surface area contributed by atoms with E-state index >= 15 is 0 Å². The van der Waals surface area contributed by atoms with E-state index in [1.807, 2.05) is 13.8 Å². The van der Waals surface area contributed by atoms with E-state index in [1.54, 1.807) is 6.07 Å². The topological polar surface area (TPSA) is 50.7 Å². The van der Waals surface area contributed by atoms with Gasteiger partial charge in [0, 0.05) is 6.54 Å². The van der Waals surface area contributed by atoms with E-state index in [0.717, 1.165) is 16.7 Å². The zero-order chi connectivity index (χ0) is 13.1. The van der Waals surface area contributed by atoms with Crippen LogP contribution in [0.25, 0.3) is 0 Å². The fraction of sp³-hybridized carbons (Fsp3) is 0.300. The maximum atomic E-state index is 6.12. The quantitative estimate of drug-likeness (QED) is 0.917. The Morgan fingerprint density at radius 3 is 2.72 bits per heavy atom. The van der Waals surface area contributed by atoms with Gasteiger partial charge in [-0.05, 0) is 43.2 Å². The number of nitrogens with one attached hydrogen (secondary N) is 1. The Kier molecular flexibility index (Phi) is 4.66. The second kappa shape index (κ2) is 6.06. The van der Waals surface area contributed by atoms with Gasteiger partial charge in [0.2, 0.25) is 0 Å². The molecule has 0 spiro atoms. The van der Waals surface area contributed by atoms with Gasteiger partial charge in [0.25, 0.3) is 0 Å². The molecule has 2 aromatic rings. The predicted molar refractivity (Wildman–Crippen MR) is 77.2 cm³/mol. The van der Waals surface area contributed by atoms with Gasteiger partial charge in [-0.25, -0.2) is 9.97 Å². The maximum Gasteiger partial charge on any atom is 0.176 e. The minimum absolute atomic E-state index is 0.513. The highest BCUT2D eigenvalue weighted by Crippen LogP contribution is 2.36. The van der Waals surface area contributed by atoms with Crippen molar-refractivity contribution in [2.24, 2.45) is 0 Å². The fourth-order valence-corrected chi connectivity index (χ4v) is 3.31. The van der Waals surface area contributed by atoms with Gasteiger partial charge in [0.05, 0.1) is 10.0 Å². The lowest BCUT2D eigenvalue weighted by atomic mass is 10.4. The molecule has 2 rings (SSSR count). The van der Waals surface area contributed by atoms with Crippen LogP contribution in [0.15, 0.2) is 15.4 Å². The Labute approximate surface area is 123 Å². The SMILES string of the molecule is CCNc1nc(Sc2nc(C)ns2)c(Cl)cc1Cl. The van der Waals surface area contributed by atoms with Crippen LogP contribution in [0.1, 0.15) is 12.7 Å². The average molecular weight is 321 g/mol. The second-order valence-corrected chi connectivity index (χ2v) is 6.15. The van der Waals surface area contributed by atoms with Crippen molar-refractivity contribution in [3.05, 3.63) is 21.9 Å². The van der Waals surface area contributed by atoms with Crippen molar-refractivity contribution in [2.45, 2.75) is 23.2 Å². The molecule has 0 aliphatic carbocycles. The molecule has 0 amide bonds. The van der Waals surface area contributed by atoms with Gasteiger partial charge in [0.15, 0.2) is 4.34 Å². The summed E-state index contributed by atoms with van der Waals surface area (Å²) in [7, 11) is 0. The van der Waals surface area contributed by atoms with E-state index in [0.29, 0.717) is 20.9 Å². The number of hydrogen-bond acceptors (Lipinski definition) is 6. The molecule has 0 saturated carbocycles. The van der Waals surface area contributed by atoms with Gasteiger partial charge in [-0.15, -0.1) is 0 Å². The summed E-state index contributed by atoms with van der Waals surface area (Å²) in [5.74, 6) is 1.38. The predicted octanol–water partition coefficient (Wildman–Crippen LogP) is 4.13. The van der Waals surface area contributed by atoms with Crippen LogP contribution in [0.5, 0.6) is 0 Å². The van der Waals surface area contributed by atoms with Crippen molar-refractivity contribution in [3.63, 3.8) is 0 Å². The number of rotatable bonds is 4. The lowest BCUT2D eigenvalue weighted by Gasteiger charge is -2.08. The van der Waals surface area contributed by atoms with E-state index < -0.39 is 0 Å². The molecule has 2 heterocycles. The van der Waals surface area contributed by atoms with Gasteiger partial charge in [-0.3, -0.25) is 0 Å². The molecule has 2 aromatic heterocycles. The number of pyridine rings is 1. The Morgan fingerprint density at radius 2 is 2.11 bits per heavy atom. The summed E-state index contributed by atoms with van der Waals surface area (Å²) in [5.41, 5.74) is 0. The number of halogens is 2. The molecule has 0 unspecified atom stereocenters. The third kappa shape index (κ3) is 3.26. The molecule has 8 heteroatoms. The smallest absolute Gasteiger partial charge is 0.176 e.